The molecule has 9 heteroatoms. The molecule has 0 amide bonds. The monoisotopic (exact) mass is 545 g/mol. The summed E-state index contributed by atoms with van der Waals surface area (Å²) in [4.78, 5) is 8.53. The zero-order valence-corrected chi connectivity index (χ0v) is 20.0. The van der Waals surface area contributed by atoms with Crippen molar-refractivity contribution in [1.29, 1.82) is 0 Å². The van der Waals surface area contributed by atoms with Gasteiger partial charge in [-0.05, 0) is 56.6 Å². The van der Waals surface area contributed by atoms with E-state index in [9.17, 15) is 8.78 Å². The van der Waals surface area contributed by atoms with Crippen LogP contribution in [0, 0.1) is 11.6 Å². The first kappa shape index (κ1) is 23.8. The Balaban J connectivity index is 0.00000272. The highest BCUT2D eigenvalue weighted by Gasteiger charge is 2.29. The summed E-state index contributed by atoms with van der Waals surface area (Å²) in [6.07, 6.45) is 4.89. The van der Waals surface area contributed by atoms with Crippen molar-refractivity contribution in [3.05, 3.63) is 54.0 Å². The summed E-state index contributed by atoms with van der Waals surface area (Å²) < 4.78 is 33.9. The number of aliphatic imine (C=N–C) groups is 1. The fraction of sp³-hybridized carbons (Fsp3) is 0.500. The Morgan fingerprint density at radius 2 is 1.90 bits per heavy atom. The van der Waals surface area contributed by atoms with Gasteiger partial charge in [0.2, 0.25) is 0 Å². The van der Waals surface area contributed by atoms with Gasteiger partial charge in [0.1, 0.15) is 23.1 Å². The van der Waals surface area contributed by atoms with Crippen molar-refractivity contribution < 1.29 is 13.2 Å². The second-order valence-corrected chi connectivity index (χ2v) is 7.87. The molecule has 0 bridgehead atoms. The van der Waals surface area contributed by atoms with Crippen molar-refractivity contribution in [2.75, 3.05) is 44.7 Å². The molecule has 1 aromatic heterocycles. The van der Waals surface area contributed by atoms with E-state index in [0.29, 0.717) is 25.6 Å². The average molecular weight is 545 g/mol. The number of rotatable bonds is 6. The summed E-state index contributed by atoms with van der Waals surface area (Å²) in [5.41, 5.74) is 0.0525. The molecule has 1 aromatic carbocycles. The summed E-state index contributed by atoms with van der Waals surface area (Å²) in [6.45, 7) is 3.91. The van der Waals surface area contributed by atoms with Crippen LogP contribution in [-0.4, -0.2) is 56.7 Å². The van der Waals surface area contributed by atoms with E-state index in [0.717, 1.165) is 25.3 Å². The SMILES string of the molecule is CN=C(NCC(c1ccco1)N1CCCC1)NC1CCN(c2c(F)cccc2F)C1.I. The first-order valence-electron chi connectivity index (χ1n) is 10.6. The van der Waals surface area contributed by atoms with Gasteiger partial charge in [-0.1, -0.05) is 6.07 Å². The largest absolute Gasteiger partial charge is 0.468 e. The molecule has 0 saturated carbocycles. The van der Waals surface area contributed by atoms with Crippen molar-refractivity contribution in [2.45, 2.75) is 31.3 Å². The molecule has 4 rings (SSSR count). The number of para-hydroxylation sites is 1. The number of nitrogens with zero attached hydrogens (tertiary/aromatic N) is 3. The van der Waals surface area contributed by atoms with Crippen LogP contribution in [-0.2, 0) is 0 Å². The molecule has 2 aliphatic heterocycles. The fourth-order valence-electron chi connectivity index (χ4n) is 4.40. The molecule has 170 valence electrons. The molecule has 2 unspecified atom stereocenters. The second-order valence-electron chi connectivity index (χ2n) is 7.87. The average Bonchev–Trinajstić information content (AvgIpc) is 3.51. The van der Waals surface area contributed by atoms with Crippen LogP contribution in [0.2, 0.25) is 0 Å². The molecule has 6 nitrogen and oxygen atoms in total. The lowest BCUT2D eigenvalue weighted by Gasteiger charge is -2.27. The topological polar surface area (TPSA) is 56.0 Å². The number of guanidine groups is 1. The lowest BCUT2D eigenvalue weighted by Crippen LogP contribution is -2.47. The van der Waals surface area contributed by atoms with Gasteiger partial charge < -0.3 is 20.0 Å². The van der Waals surface area contributed by atoms with Crippen LogP contribution in [0.1, 0.15) is 31.1 Å². The Hall–Kier alpha value is -1.88. The highest BCUT2D eigenvalue weighted by molar-refractivity contribution is 14.0. The maximum absolute atomic E-state index is 14.1. The second kappa shape index (κ2) is 11.1. The molecule has 0 aliphatic carbocycles. The van der Waals surface area contributed by atoms with Crippen LogP contribution >= 0.6 is 24.0 Å². The number of hydrogen-bond acceptors (Lipinski definition) is 4. The van der Waals surface area contributed by atoms with Crippen LogP contribution in [0.5, 0.6) is 0 Å². The van der Waals surface area contributed by atoms with Crippen molar-refractivity contribution in [2.24, 2.45) is 4.99 Å². The summed E-state index contributed by atoms with van der Waals surface area (Å²) in [7, 11) is 1.73. The highest BCUT2D eigenvalue weighted by Crippen LogP contribution is 2.27. The number of halogens is 3. The van der Waals surface area contributed by atoms with Gasteiger partial charge >= 0.3 is 0 Å². The van der Waals surface area contributed by atoms with Gasteiger partial charge in [0, 0.05) is 32.7 Å². The number of hydrogen-bond donors (Lipinski definition) is 2. The molecule has 0 spiro atoms. The third kappa shape index (κ3) is 5.68. The van der Waals surface area contributed by atoms with Crippen LogP contribution < -0.4 is 15.5 Å². The Kier molecular flexibility index (Phi) is 8.53. The van der Waals surface area contributed by atoms with Gasteiger partial charge in [0.15, 0.2) is 5.96 Å². The van der Waals surface area contributed by atoms with E-state index in [4.69, 9.17) is 4.42 Å². The van der Waals surface area contributed by atoms with E-state index in [-0.39, 0.29) is 41.7 Å². The molecular formula is C22H30F2IN5O. The van der Waals surface area contributed by atoms with Gasteiger partial charge in [0.05, 0.1) is 12.3 Å². The van der Waals surface area contributed by atoms with Crippen molar-refractivity contribution in [3.8, 4) is 0 Å². The predicted octanol–water partition coefficient (Wildman–Crippen LogP) is 3.76. The van der Waals surface area contributed by atoms with E-state index in [2.05, 4.69) is 20.5 Å². The molecule has 2 atom stereocenters. The number of furan rings is 1. The van der Waals surface area contributed by atoms with E-state index in [1.165, 1.54) is 31.0 Å². The standard InChI is InChI=1S/C22H29F2N5O.HI/c1-25-22(26-14-19(20-8-5-13-30-20)28-10-2-3-11-28)27-16-9-12-29(15-16)21-17(23)6-4-7-18(21)24;/h4-8,13,16,19H,2-3,9-12,14-15H2,1H3,(H2,25,26,27);1H. The Labute approximate surface area is 199 Å². The Morgan fingerprint density at radius 1 is 1.16 bits per heavy atom. The van der Waals surface area contributed by atoms with Crippen LogP contribution in [0.4, 0.5) is 14.5 Å². The van der Waals surface area contributed by atoms with Gasteiger partial charge in [0.25, 0.3) is 0 Å². The number of anilines is 1. The molecule has 2 aliphatic rings. The highest BCUT2D eigenvalue weighted by atomic mass is 127. The first-order valence-corrected chi connectivity index (χ1v) is 10.6. The van der Waals surface area contributed by atoms with Crippen LogP contribution in [0.3, 0.4) is 0 Å². The molecular weight excluding hydrogens is 515 g/mol. The normalized spacial score (nSPS) is 20.5. The summed E-state index contributed by atoms with van der Waals surface area (Å²) >= 11 is 0. The van der Waals surface area contributed by atoms with Crippen molar-refractivity contribution >= 4 is 35.6 Å². The minimum Gasteiger partial charge on any atom is -0.468 e. The molecule has 2 N–H and O–H groups in total. The number of nitrogens with one attached hydrogen (secondary N) is 2. The first-order chi connectivity index (χ1) is 14.7. The zero-order valence-electron chi connectivity index (χ0n) is 17.7. The van der Waals surface area contributed by atoms with E-state index >= 15 is 0 Å². The predicted molar refractivity (Wildman–Crippen MR) is 129 cm³/mol. The summed E-state index contributed by atoms with van der Waals surface area (Å²) in [6, 6.07) is 8.12. The molecule has 31 heavy (non-hydrogen) atoms. The van der Waals surface area contributed by atoms with Gasteiger partial charge in [-0.3, -0.25) is 9.89 Å². The molecule has 2 fully saturated rings. The van der Waals surface area contributed by atoms with E-state index in [1.54, 1.807) is 18.2 Å². The van der Waals surface area contributed by atoms with Gasteiger partial charge in [-0.2, -0.15) is 0 Å². The fourth-order valence-corrected chi connectivity index (χ4v) is 4.40. The van der Waals surface area contributed by atoms with Crippen LogP contribution in [0.25, 0.3) is 0 Å². The zero-order chi connectivity index (χ0) is 20.9. The molecule has 2 aromatic rings. The molecule has 2 saturated heterocycles. The van der Waals surface area contributed by atoms with Gasteiger partial charge in [-0.15, -0.1) is 24.0 Å². The number of likely N-dealkylation sites (tertiary alicyclic amines) is 1. The lowest BCUT2D eigenvalue weighted by molar-refractivity contribution is 0.215. The Bertz CT molecular complexity index is 837. The van der Waals surface area contributed by atoms with Gasteiger partial charge in [-0.25, -0.2) is 8.78 Å². The lowest BCUT2D eigenvalue weighted by atomic mass is 10.2. The van der Waals surface area contributed by atoms with Crippen molar-refractivity contribution in [1.82, 2.24) is 15.5 Å². The van der Waals surface area contributed by atoms with Crippen LogP contribution in [0.15, 0.2) is 46.0 Å². The minimum absolute atomic E-state index is 0. The van der Waals surface area contributed by atoms with Crippen molar-refractivity contribution in [3.63, 3.8) is 0 Å². The third-order valence-electron chi connectivity index (χ3n) is 5.92. The van der Waals surface area contributed by atoms with E-state index in [1.807, 2.05) is 12.1 Å². The summed E-state index contributed by atoms with van der Waals surface area (Å²) in [5, 5.41) is 6.81. The molecule has 3 heterocycles. The number of benzene rings is 1. The maximum Gasteiger partial charge on any atom is 0.191 e. The maximum atomic E-state index is 14.1. The smallest absolute Gasteiger partial charge is 0.191 e. The summed E-state index contributed by atoms with van der Waals surface area (Å²) in [5.74, 6) is 0.587. The quantitative estimate of drug-likeness (QED) is 0.329. The Morgan fingerprint density at radius 3 is 2.55 bits per heavy atom. The third-order valence-corrected chi connectivity index (χ3v) is 5.92. The van der Waals surface area contributed by atoms with E-state index < -0.39 is 11.6 Å². The minimum atomic E-state index is -0.523. The molecule has 0 radical (unpaired) electrons.